The normalized spacial score (nSPS) is 16.4. The largest absolute Gasteiger partial charge is 0.465 e. The lowest BCUT2D eigenvalue weighted by Crippen LogP contribution is -2.34. The number of esters is 1. The molecule has 0 aliphatic carbocycles. The number of ether oxygens (including phenoxy) is 3. The SMILES string of the molecule is CCOC(=O)C(N)Cc1ccc(Oc2ccc(CC3OC(=O)NC3=O)cc2)cc1CC. The summed E-state index contributed by atoms with van der Waals surface area (Å²) in [6.07, 6.45) is -0.0551. The lowest BCUT2D eigenvalue weighted by molar-refractivity contribution is -0.144. The quantitative estimate of drug-likeness (QED) is 0.592. The molecule has 1 aliphatic rings. The van der Waals surface area contributed by atoms with E-state index in [4.69, 9.17) is 19.9 Å². The van der Waals surface area contributed by atoms with Crippen molar-refractivity contribution in [2.45, 2.75) is 45.3 Å². The van der Waals surface area contributed by atoms with Crippen molar-refractivity contribution in [1.29, 1.82) is 0 Å². The predicted molar refractivity (Wildman–Crippen MR) is 113 cm³/mol. The van der Waals surface area contributed by atoms with Gasteiger partial charge < -0.3 is 19.9 Å². The fourth-order valence-electron chi connectivity index (χ4n) is 3.33. The van der Waals surface area contributed by atoms with Crippen LogP contribution in [0.2, 0.25) is 0 Å². The highest BCUT2D eigenvalue weighted by atomic mass is 16.6. The maximum Gasteiger partial charge on any atom is 0.414 e. The highest BCUT2D eigenvalue weighted by Gasteiger charge is 2.32. The minimum Gasteiger partial charge on any atom is -0.465 e. The van der Waals surface area contributed by atoms with Gasteiger partial charge in [-0.2, -0.15) is 0 Å². The Morgan fingerprint density at radius 2 is 1.81 bits per heavy atom. The average Bonchev–Trinajstić information content (AvgIpc) is 3.07. The van der Waals surface area contributed by atoms with E-state index in [2.05, 4.69) is 5.32 Å². The van der Waals surface area contributed by atoms with E-state index in [1.165, 1.54) is 0 Å². The number of rotatable bonds is 9. The van der Waals surface area contributed by atoms with Crippen LogP contribution < -0.4 is 15.8 Å². The Morgan fingerprint density at radius 3 is 2.42 bits per heavy atom. The first kappa shape index (κ1) is 22.3. The van der Waals surface area contributed by atoms with Crippen molar-refractivity contribution >= 4 is 18.0 Å². The summed E-state index contributed by atoms with van der Waals surface area (Å²) in [5.41, 5.74) is 8.82. The number of nitrogens with one attached hydrogen (secondary N) is 1. The lowest BCUT2D eigenvalue weighted by Gasteiger charge is -2.15. The number of hydrogen-bond acceptors (Lipinski definition) is 7. The van der Waals surface area contributed by atoms with Crippen LogP contribution in [0.4, 0.5) is 4.79 Å². The summed E-state index contributed by atoms with van der Waals surface area (Å²) in [4.78, 5) is 34.5. The summed E-state index contributed by atoms with van der Waals surface area (Å²) in [5, 5.41) is 2.11. The zero-order valence-electron chi connectivity index (χ0n) is 17.6. The fraction of sp³-hybridized carbons (Fsp3) is 0.348. The predicted octanol–water partition coefficient (Wildman–Crippen LogP) is 2.65. The summed E-state index contributed by atoms with van der Waals surface area (Å²) in [6.45, 7) is 4.08. The summed E-state index contributed by atoms with van der Waals surface area (Å²) in [7, 11) is 0. The maximum atomic E-state index is 11.8. The summed E-state index contributed by atoms with van der Waals surface area (Å²) in [5.74, 6) is 0.465. The molecule has 8 heteroatoms. The van der Waals surface area contributed by atoms with E-state index < -0.39 is 30.1 Å². The molecule has 2 unspecified atom stereocenters. The molecule has 0 bridgehead atoms. The Morgan fingerprint density at radius 1 is 1.10 bits per heavy atom. The van der Waals surface area contributed by atoms with Crippen molar-refractivity contribution in [2.24, 2.45) is 5.73 Å². The number of nitrogens with two attached hydrogens (primary N) is 1. The zero-order valence-corrected chi connectivity index (χ0v) is 17.6. The van der Waals surface area contributed by atoms with Gasteiger partial charge in [0.1, 0.15) is 17.5 Å². The third-order valence-corrected chi connectivity index (χ3v) is 4.93. The second-order valence-electron chi connectivity index (χ2n) is 7.18. The smallest absolute Gasteiger partial charge is 0.414 e. The van der Waals surface area contributed by atoms with Gasteiger partial charge in [-0.25, -0.2) is 4.79 Å². The van der Waals surface area contributed by atoms with Crippen molar-refractivity contribution in [1.82, 2.24) is 5.32 Å². The van der Waals surface area contributed by atoms with Gasteiger partial charge >= 0.3 is 12.1 Å². The summed E-state index contributed by atoms with van der Waals surface area (Å²) < 4.78 is 15.8. The highest BCUT2D eigenvalue weighted by Crippen LogP contribution is 2.26. The molecule has 1 fully saturated rings. The molecule has 2 aromatic carbocycles. The van der Waals surface area contributed by atoms with Gasteiger partial charge in [-0.15, -0.1) is 0 Å². The standard InChI is InChI=1S/C23H26N2O6/c1-3-15-12-18(10-7-16(15)13-19(24)22(27)29-4-2)30-17-8-5-14(6-9-17)11-20-21(26)25-23(28)31-20/h5-10,12,19-20H,3-4,11,13,24H2,1-2H3,(H,25,26,28). The first-order valence-corrected chi connectivity index (χ1v) is 10.2. The second-order valence-corrected chi connectivity index (χ2v) is 7.18. The number of hydrogen-bond donors (Lipinski definition) is 2. The number of carbonyl (C=O) groups is 3. The fourth-order valence-corrected chi connectivity index (χ4v) is 3.33. The Balaban J connectivity index is 1.63. The summed E-state index contributed by atoms with van der Waals surface area (Å²) >= 11 is 0. The second kappa shape index (κ2) is 10.1. The van der Waals surface area contributed by atoms with Crippen molar-refractivity contribution in [3.63, 3.8) is 0 Å². The van der Waals surface area contributed by atoms with Crippen molar-refractivity contribution in [3.05, 3.63) is 59.2 Å². The molecule has 31 heavy (non-hydrogen) atoms. The first-order chi connectivity index (χ1) is 14.9. The first-order valence-electron chi connectivity index (χ1n) is 10.2. The van der Waals surface area contributed by atoms with Crippen LogP contribution >= 0.6 is 0 Å². The molecule has 1 heterocycles. The Kier molecular flexibility index (Phi) is 7.25. The third-order valence-electron chi connectivity index (χ3n) is 4.93. The Labute approximate surface area is 180 Å². The molecule has 0 spiro atoms. The minimum absolute atomic E-state index is 0.299. The molecule has 164 valence electrons. The van der Waals surface area contributed by atoms with Crippen LogP contribution in [0.5, 0.6) is 11.5 Å². The van der Waals surface area contributed by atoms with Crippen LogP contribution in [0.25, 0.3) is 0 Å². The van der Waals surface area contributed by atoms with Gasteiger partial charge in [-0.1, -0.05) is 25.1 Å². The topological polar surface area (TPSA) is 117 Å². The number of benzene rings is 2. The van der Waals surface area contributed by atoms with E-state index in [0.717, 1.165) is 23.1 Å². The Bertz CT molecular complexity index is 957. The molecule has 3 rings (SSSR count). The van der Waals surface area contributed by atoms with Gasteiger partial charge in [0.05, 0.1) is 6.61 Å². The van der Waals surface area contributed by atoms with E-state index in [-0.39, 0.29) is 0 Å². The minimum atomic E-state index is -0.806. The van der Waals surface area contributed by atoms with Gasteiger partial charge in [-0.3, -0.25) is 14.9 Å². The average molecular weight is 426 g/mol. The van der Waals surface area contributed by atoms with Crippen LogP contribution in [-0.2, 0) is 38.3 Å². The van der Waals surface area contributed by atoms with Crippen LogP contribution in [0.1, 0.15) is 30.5 Å². The number of amides is 2. The Hall–Kier alpha value is -3.39. The number of cyclic esters (lactones) is 1. The number of alkyl carbamates (subject to hydrolysis) is 1. The third kappa shape index (κ3) is 5.82. The number of aryl methyl sites for hydroxylation is 1. The lowest BCUT2D eigenvalue weighted by atomic mass is 9.98. The van der Waals surface area contributed by atoms with Crippen molar-refractivity contribution in [2.75, 3.05) is 6.61 Å². The number of carbonyl (C=O) groups excluding carboxylic acids is 3. The van der Waals surface area contributed by atoms with Crippen LogP contribution in [0.3, 0.4) is 0 Å². The maximum absolute atomic E-state index is 11.8. The molecule has 0 aromatic heterocycles. The summed E-state index contributed by atoms with van der Waals surface area (Å²) in [6, 6.07) is 12.2. The molecular formula is C23H26N2O6. The van der Waals surface area contributed by atoms with Gasteiger partial charge in [0.15, 0.2) is 6.10 Å². The molecule has 2 atom stereocenters. The van der Waals surface area contributed by atoms with Crippen molar-refractivity contribution < 1.29 is 28.6 Å². The molecule has 0 saturated carbocycles. The van der Waals surface area contributed by atoms with Crippen LogP contribution in [0.15, 0.2) is 42.5 Å². The van der Waals surface area contributed by atoms with E-state index in [1.807, 2.05) is 37.3 Å². The molecular weight excluding hydrogens is 400 g/mol. The molecule has 0 radical (unpaired) electrons. The van der Waals surface area contributed by atoms with E-state index in [9.17, 15) is 14.4 Å². The molecule has 1 aliphatic heterocycles. The molecule has 8 nitrogen and oxygen atoms in total. The monoisotopic (exact) mass is 426 g/mol. The number of imide groups is 1. The molecule has 2 amide bonds. The van der Waals surface area contributed by atoms with E-state index in [1.54, 1.807) is 19.1 Å². The van der Waals surface area contributed by atoms with Gasteiger partial charge in [0.25, 0.3) is 5.91 Å². The van der Waals surface area contributed by atoms with Gasteiger partial charge in [-0.05, 0) is 60.7 Å². The molecule has 2 aromatic rings. The molecule has 1 saturated heterocycles. The van der Waals surface area contributed by atoms with Crippen LogP contribution in [0, 0.1) is 0 Å². The zero-order chi connectivity index (χ0) is 22.4. The highest BCUT2D eigenvalue weighted by molar-refractivity contribution is 6.00. The van der Waals surface area contributed by atoms with Gasteiger partial charge in [0.2, 0.25) is 0 Å². The molecule has 3 N–H and O–H groups in total. The van der Waals surface area contributed by atoms with Crippen molar-refractivity contribution in [3.8, 4) is 11.5 Å². The van der Waals surface area contributed by atoms with Gasteiger partial charge in [0, 0.05) is 6.42 Å². The van der Waals surface area contributed by atoms with Crippen LogP contribution in [-0.4, -0.2) is 36.7 Å². The van der Waals surface area contributed by atoms with E-state index >= 15 is 0 Å². The van der Waals surface area contributed by atoms with E-state index in [0.29, 0.717) is 30.9 Å².